The summed E-state index contributed by atoms with van der Waals surface area (Å²) in [6.07, 6.45) is 5.72. The smallest absolute Gasteiger partial charge is 0.223 e. The molecule has 1 aromatic rings. The molecule has 0 saturated carbocycles. The zero-order chi connectivity index (χ0) is 15.8. The third-order valence-corrected chi connectivity index (χ3v) is 5.24. The van der Waals surface area contributed by atoms with E-state index < -0.39 is 0 Å². The van der Waals surface area contributed by atoms with Crippen LogP contribution in [0.25, 0.3) is 0 Å². The van der Waals surface area contributed by atoms with Crippen molar-refractivity contribution >= 4 is 42.4 Å². The van der Waals surface area contributed by atoms with Crippen LogP contribution in [0.3, 0.4) is 0 Å². The van der Waals surface area contributed by atoms with Gasteiger partial charge in [0.2, 0.25) is 5.91 Å². The molecule has 0 spiro atoms. The molecule has 25 heavy (non-hydrogen) atoms. The fraction of sp³-hybridized carbons (Fsp3) is 0.688. The third-order valence-electron chi connectivity index (χ3n) is 5.24. The third kappa shape index (κ3) is 3.93. The van der Waals surface area contributed by atoms with Crippen molar-refractivity contribution in [3.05, 3.63) is 12.4 Å². The number of rotatable bonds is 3. The van der Waals surface area contributed by atoms with Crippen LogP contribution in [0.2, 0.25) is 0 Å². The van der Waals surface area contributed by atoms with Gasteiger partial charge in [-0.05, 0) is 19.3 Å². The molecule has 0 aliphatic carbocycles. The lowest BCUT2D eigenvalue weighted by molar-refractivity contribution is -0.129. The molecular weight excluding hydrogens is 363 g/mol. The van der Waals surface area contributed by atoms with Crippen molar-refractivity contribution in [2.24, 2.45) is 5.73 Å². The molecule has 3 aliphatic heterocycles. The van der Waals surface area contributed by atoms with E-state index in [-0.39, 0.29) is 42.8 Å². The molecule has 9 heteroatoms. The molecule has 7 nitrogen and oxygen atoms in total. The monoisotopic (exact) mass is 388 g/mol. The van der Waals surface area contributed by atoms with Crippen molar-refractivity contribution < 1.29 is 4.79 Å². The number of nitrogens with two attached hydrogens (primary N) is 1. The number of aromatic nitrogens is 2. The Labute approximate surface area is 160 Å². The number of hydrogen-bond donors (Lipinski definition) is 1. The summed E-state index contributed by atoms with van der Waals surface area (Å²) in [6.45, 7) is 4.49. The Balaban J connectivity index is 0.00000113. The quantitative estimate of drug-likeness (QED) is 0.833. The maximum Gasteiger partial charge on any atom is 0.223 e. The zero-order valence-electron chi connectivity index (χ0n) is 14.2. The highest BCUT2D eigenvalue weighted by Gasteiger charge is 2.39. The molecule has 140 valence electrons. The van der Waals surface area contributed by atoms with Crippen LogP contribution in [0.1, 0.15) is 25.7 Å². The lowest BCUT2D eigenvalue weighted by atomic mass is 10.1. The number of carbonyl (C=O) groups is 1. The first kappa shape index (κ1) is 20.0. The average molecular weight is 389 g/mol. The van der Waals surface area contributed by atoms with E-state index in [1.807, 2.05) is 4.90 Å². The molecule has 0 unspecified atom stereocenters. The topological polar surface area (TPSA) is 78.6 Å². The first-order chi connectivity index (χ1) is 11.2. The molecule has 0 radical (unpaired) electrons. The molecule has 2 atom stereocenters. The van der Waals surface area contributed by atoms with Crippen molar-refractivity contribution in [3.8, 4) is 0 Å². The van der Waals surface area contributed by atoms with Gasteiger partial charge < -0.3 is 20.4 Å². The van der Waals surface area contributed by atoms with Crippen LogP contribution in [0.5, 0.6) is 0 Å². The van der Waals surface area contributed by atoms with Crippen LogP contribution < -0.4 is 15.5 Å². The fourth-order valence-corrected chi connectivity index (χ4v) is 3.98. The largest absolute Gasteiger partial charge is 0.356 e. The number of hydrogen-bond acceptors (Lipinski definition) is 6. The summed E-state index contributed by atoms with van der Waals surface area (Å²) in [6, 6.07) is 2.16. The SMILES string of the molecule is Cl.Cl.N[C@H]1CN(c2cc(N3CCCC3)ncn2)C[C@@H]1N1CCCC1=O. The van der Waals surface area contributed by atoms with Crippen molar-refractivity contribution in [2.75, 3.05) is 42.5 Å². The second-order valence-corrected chi connectivity index (χ2v) is 6.76. The van der Waals surface area contributed by atoms with Gasteiger partial charge in [0.05, 0.1) is 6.04 Å². The standard InChI is InChI=1S/C16H24N6O.2ClH/c17-12-9-21(10-13(12)22-7-3-4-16(22)23)15-8-14(18-11-19-15)20-5-1-2-6-20;;/h8,11-13H,1-7,9-10,17H2;2*1H/t12-,13-;;/m0../s1. The first-order valence-corrected chi connectivity index (χ1v) is 8.59. The first-order valence-electron chi connectivity index (χ1n) is 8.59. The zero-order valence-corrected chi connectivity index (χ0v) is 15.8. The highest BCUT2D eigenvalue weighted by molar-refractivity contribution is 5.85. The van der Waals surface area contributed by atoms with Crippen LogP contribution >= 0.6 is 24.8 Å². The van der Waals surface area contributed by atoms with E-state index in [1.54, 1.807) is 6.33 Å². The Bertz CT molecular complexity index is 598. The summed E-state index contributed by atoms with van der Waals surface area (Å²) >= 11 is 0. The number of halogens is 2. The van der Waals surface area contributed by atoms with E-state index in [0.29, 0.717) is 6.42 Å². The number of nitrogens with zero attached hydrogens (tertiary/aromatic N) is 5. The van der Waals surface area contributed by atoms with E-state index in [2.05, 4.69) is 25.8 Å². The predicted molar refractivity (Wildman–Crippen MR) is 103 cm³/mol. The highest BCUT2D eigenvalue weighted by atomic mass is 35.5. The predicted octanol–water partition coefficient (Wildman–Crippen LogP) is 1.06. The lowest BCUT2D eigenvalue weighted by Crippen LogP contribution is -2.47. The molecule has 1 amide bonds. The van der Waals surface area contributed by atoms with Crippen molar-refractivity contribution in [3.63, 3.8) is 0 Å². The maximum atomic E-state index is 12.0. The van der Waals surface area contributed by atoms with Crippen LogP contribution in [0.15, 0.2) is 12.4 Å². The average Bonchev–Trinajstić information content (AvgIpc) is 3.28. The van der Waals surface area contributed by atoms with E-state index in [1.165, 1.54) is 12.8 Å². The van der Waals surface area contributed by atoms with Crippen molar-refractivity contribution in [1.29, 1.82) is 0 Å². The van der Waals surface area contributed by atoms with Gasteiger partial charge in [0, 0.05) is 51.3 Å². The number of carbonyl (C=O) groups excluding carboxylic acids is 1. The van der Waals surface area contributed by atoms with Gasteiger partial charge in [0.25, 0.3) is 0 Å². The molecule has 3 saturated heterocycles. The summed E-state index contributed by atoms with van der Waals surface area (Å²) in [7, 11) is 0. The van der Waals surface area contributed by atoms with Crippen LogP contribution in [0.4, 0.5) is 11.6 Å². The molecule has 3 aliphatic rings. The second kappa shape index (κ2) is 8.38. The Morgan fingerprint density at radius 3 is 2.28 bits per heavy atom. The summed E-state index contributed by atoms with van der Waals surface area (Å²) in [5.74, 6) is 2.17. The van der Waals surface area contributed by atoms with E-state index >= 15 is 0 Å². The molecule has 0 aromatic carbocycles. The molecule has 3 fully saturated rings. The normalized spacial score (nSPS) is 26.0. The summed E-state index contributed by atoms with van der Waals surface area (Å²) in [5.41, 5.74) is 6.32. The minimum absolute atomic E-state index is 0. The van der Waals surface area contributed by atoms with Crippen LogP contribution in [-0.2, 0) is 4.79 Å². The minimum Gasteiger partial charge on any atom is -0.356 e. The lowest BCUT2D eigenvalue weighted by Gasteiger charge is -2.26. The van der Waals surface area contributed by atoms with Crippen molar-refractivity contribution in [1.82, 2.24) is 14.9 Å². The number of amides is 1. The van der Waals surface area contributed by atoms with Gasteiger partial charge in [-0.25, -0.2) is 9.97 Å². The van der Waals surface area contributed by atoms with Gasteiger partial charge in [-0.15, -0.1) is 24.8 Å². The second-order valence-electron chi connectivity index (χ2n) is 6.76. The van der Waals surface area contributed by atoms with Gasteiger partial charge in [0.1, 0.15) is 18.0 Å². The Morgan fingerprint density at radius 1 is 0.960 bits per heavy atom. The number of likely N-dealkylation sites (tertiary alicyclic amines) is 1. The van der Waals surface area contributed by atoms with Crippen molar-refractivity contribution in [2.45, 2.75) is 37.8 Å². The summed E-state index contributed by atoms with van der Waals surface area (Å²) in [4.78, 5) is 27.3. The van der Waals surface area contributed by atoms with Crippen LogP contribution in [-0.4, -0.2) is 65.6 Å². The molecular formula is C16H26Cl2N6O. The highest BCUT2D eigenvalue weighted by Crippen LogP contribution is 2.26. The number of anilines is 2. The molecule has 0 bridgehead atoms. The van der Waals surface area contributed by atoms with E-state index in [4.69, 9.17) is 5.73 Å². The van der Waals surface area contributed by atoms with Gasteiger partial charge in [0.15, 0.2) is 0 Å². The Kier molecular flexibility index (Phi) is 6.71. The summed E-state index contributed by atoms with van der Waals surface area (Å²) < 4.78 is 0. The molecule has 1 aromatic heterocycles. The molecule has 4 heterocycles. The Hall–Kier alpha value is -1.31. The van der Waals surface area contributed by atoms with Gasteiger partial charge >= 0.3 is 0 Å². The van der Waals surface area contributed by atoms with Gasteiger partial charge in [-0.2, -0.15) is 0 Å². The van der Waals surface area contributed by atoms with E-state index in [9.17, 15) is 4.79 Å². The van der Waals surface area contributed by atoms with Crippen LogP contribution in [0, 0.1) is 0 Å². The maximum absolute atomic E-state index is 12.0. The van der Waals surface area contributed by atoms with Gasteiger partial charge in [-0.3, -0.25) is 4.79 Å². The molecule has 2 N–H and O–H groups in total. The Morgan fingerprint density at radius 2 is 1.64 bits per heavy atom. The van der Waals surface area contributed by atoms with E-state index in [0.717, 1.165) is 50.8 Å². The summed E-state index contributed by atoms with van der Waals surface area (Å²) in [5, 5.41) is 0. The van der Waals surface area contributed by atoms with Gasteiger partial charge in [-0.1, -0.05) is 0 Å². The molecule has 4 rings (SSSR count). The minimum atomic E-state index is -0.0118. The fourth-order valence-electron chi connectivity index (χ4n) is 3.98.